The summed E-state index contributed by atoms with van der Waals surface area (Å²) in [6.45, 7) is 9.49. The van der Waals surface area contributed by atoms with Crippen molar-refractivity contribution in [3.8, 4) is 22.8 Å². The number of alkyl halides is 1. The SMILES string of the molecule is C=CC1CC1(NC(=O)C1CC(Oc2cc(-c3ccccc3)nc3cc(OC)ccc23)CN1C(=O)C(CNC(=O)C(C)Cl)NC(=O)OC(C)(C)C)C(=O)NS(=O)(=O)c1ccccc1. The topological polar surface area (TPSA) is 211 Å². The van der Waals surface area contributed by atoms with Crippen LogP contribution in [0.5, 0.6) is 11.5 Å². The van der Waals surface area contributed by atoms with Crippen LogP contribution in [0.1, 0.15) is 40.5 Å². The molecule has 0 spiro atoms. The first-order chi connectivity index (χ1) is 29.3. The molecule has 2 aliphatic rings. The summed E-state index contributed by atoms with van der Waals surface area (Å²) in [6, 6.07) is 20.9. The lowest BCUT2D eigenvalue weighted by Crippen LogP contribution is -2.60. The number of hydrogen-bond donors (Lipinski definition) is 4. The Bertz CT molecular complexity index is 2470. The predicted molar refractivity (Wildman–Crippen MR) is 231 cm³/mol. The van der Waals surface area contributed by atoms with Crippen molar-refractivity contribution in [1.29, 1.82) is 0 Å². The van der Waals surface area contributed by atoms with Gasteiger partial charge in [-0.1, -0.05) is 54.6 Å². The monoisotopic (exact) mass is 888 g/mol. The highest BCUT2D eigenvalue weighted by atomic mass is 35.5. The Labute approximate surface area is 364 Å². The molecule has 2 fully saturated rings. The minimum atomic E-state index is -4.34. The van der Waals surface area contributed by atoms with Gasteiger partial charge in [0.25, 0.3) is 15.9 Å². The number of nitrogens with zero attached hydrogens (tertiary/aromatic N) is 2. The summed E-state index contributed by atoms with van der Waals surface area (Å²) in [5.41, 5.74) is -0.751. The Kier molecular flexibility index (Phi) is 13.5. The summed E-state index contributed by atoms with van der Waals surface area (Å²) in [6.07, 6.45) is -0.469. The molecule has 4 aromatic rings. The van der Waals surface area contributed by atoms with Gasteiger partial charge in [-0.2, -0.15) is 0 Å². The summed E-state index contributed by atoms with van der Waals surface area (Å²) in [4.78, 5) is 74.7. The zero-order valence-corrected chi connectivity index (χ0v) is 36.4. The molecule has 6 unspecified atom stereocenters. The van der Waals surface area contributed by atoms with Crippen LogP contribution >= 0.6 is 11.6 Å². The van der Waals surface area contributed by atoms with E-state index in [0.717, 1.165) is 5.56 Å². The quantitative estimate of drug-likeness (QED) is 0.0967. The molecule has 6 atom stereocenters. The molecule has 6 rings (SSSR count). The Morgan fingerprint density at radius 2 is 1.69 bits per heavy atom. The number of likely N-dealkylation sites (tertiary alicyclic amines) is 1. The normalized spacial score (nSPS) is 20.5. The summed E-state index contributed by atoms with van der Waals surface area (Å²) in [7, 11) is -2.80. The lowest BCUT2D eigenvalue weighted by Gasteiger charge is -2.30. The van der Waals surface area contributed by atoms with E-state index in [1.165, 1.54) is 49.3 Å². The zero-order valence-electron chi connectivity index (χ0n) is 34.8. The maximum atomic E-state index is 14.7. The maximum absolute atomic E-state index is 14.7. The van der Waals surface area contributed by atoms with E-state index in [9.17, 15) is 32.4 Å². The van der Waals surface area contributed by atoms with Gasteiger partial charge in [0.1, 0.15) is 46.2 Å². The Morgan fingerprint density at radius 3 is 2.31 bits per heavy atom. The molecule has 328 valence electrons. The van der Waals surface area contributed by atoms with Crippen LogP contribution in [0, 0.1) is 5.92 Å². The third-order valence-corrected chi connectivity index (χ3v) is 11.9. The van der Waals surface area contributed by atoms with Crippen LogP contribution in [-0.2, 0) is 33.9 Å². The highest BCUT2D eigenvalue weighted by molar-refractivity contribution is 7.90. The van der Waals surface area contributed by atoms with Crippen molar-refractivity contribution < 1.29 is 46.6 Å². The van der Waals surface area contributed by atoms with Crippen molar-refractivity contribution in [2.24, 2.45) is 5.92 Å². The molecule has 0 radical (unpaired) electrons. The number of nitrogens with one attached hydrogen (secondary N) is 4. The van der Waals surface area contributed by atoms with Gasteiger partial charge in [-0.3, -0.25) is 19.2 Å². The maximum Gasteiger partial charge on any atom is 0.408 e. The van der Waals surface area contributed by atoms with Gasteiger partial charge < -0.3 is 35.1 Å². The first kappa shape index (κ1) is 45.3. The number of fused-ring (bicyclic) bond motifs is 1. The molecule has 16 nitrogen and oxygen atoms in total. The molecule has 1 saturated heterocycles. The molecule has 1 saturated carbocycles. The zero-order chi connectivity index (χ0) is 45.0. The second kappa shape index (κ2) is 18.4. The van der Waals surface area contributed by atoms with E-state index in [4.69, 9.17) is 30.8 Å². The minimum Gasteiger partial charge on any atom is -0.497 e. The third-order valence-electron chi connectivity index (χ3n) is 10.4. The first-order valence-electron chi connectivity index (χ1n) is 19.8. The lowest BCUT2D eigenvalue weighted by molar-refractivity contribution is -0.141. The second-order valence-electron chi connectivity index (χ2n) is 16.1. The van der Waals surface area contributed by atoms with E-state index >= 15 is 0 Å². The molecule has 1 aliphatic carbocycles. The van der Waals surface area contributed by atoms with Crippen LogP contribution < -0.4 is 30.1 Å². The molecule has 62 heavy (non-hydrogen) atoms. The molecular weight excluding hydrogens is 840 g/mol. The summed E-state index contributed by atoms with van der Waals surface area (Å²) >= 11 is 5.99. The fraction of sp³-hybridized carbons (Fsp3) is 0.364. The van der Waals surface area contributed by atoms with Gasteiger partial charge in [0.05, 0.1) is 29.8 Å². The average molecular weight is 889 g/mol. The fourth-order valence-corrected chi connectivity index (χ4v) is 8.25. The number of ether oxygens (including phenoxy) is 3. The van der Waals surface area contributed by atoms with Gasteiger partial charge in [0.15, 0.2) is 0 Å². The number of methoxy groups -OCH3 is 1. The summed E-state index contributed by atoms with van der Waals surface area (Å²) in [5.74, 6) is -2.91. The smallest absolute Gasteiger partial charge is 0.408 e. The largest absolute Gasteiger partial charge is 0.497 e. The number of pyridine rings is 1. The Balaban J connectivity index is 1.35. The van der Waals surface area contributed by atoms with Crippen LogP contribution in [0.4, 0.5) is 4.79 Å². The van der Waals surface area contributed by atoms with Crippen molar-refractivity contribution in [2.75, 3.05) is 20.2 Å². The number of hydrogen-bond acceptors (Lipinski definition) is 11. The highest BCUT2D eigenvalue weighted by Gasteiger charge is 2.61. The molecule has 4 N–H and O–H groups in total. The number of halogens is 1. The van der Waals surface area contributed by atoms with E-state index in [-0.39, 0.29) is 24.3 Å². The van der Waals surface area contributed by atoms with Gasteiger partial charge in [-0.25, -0.2) is 22.9 Å². The Hall–Kier alpha value is -6.20. The number of alkyl carbamates (subject to hydrolysis) is 1. The highest BCUT2D eigenvalue weighted by Crippen LogP contribution is 2.45. The number of rotatable bonds is 15. The lowest BCUT2D eigenvalue weighted by atomic mass is 10.1. The van der Waals surface area contributed by atoms with E-state index in [0.29, 0.717) is 28.1 Å². The number of aromatic nitrogens is 1. The van der Waals surface area contributed by atoms with Crippen LogP contribution in [-0.4, -0.2) is 103 Å². The molecule has 0 bridgehead atoms. The van der Waals surface area contributed by atoms with Gasteiger partial charge in [-0.15, -0.1) is 18.2 Å². The van der Waals surface area contributed by atoms with E-state index in [1.54, 1.807) is 51.1 Å². The molecule has 1 aromatic heterocycles. The molecule has 18 heteroatoms. The van der Waals surface area contributed by atoms with Crippen molar-refractivity contribution in [1.82, 2.24) is 30.6 Å². The molecule has 2 heterocycles. The average Bonchev–Trinajstić information content (AvgIpc) is 3.80. The van der Waals surface area contributed by atoms with E-state index < -0.39 is 86.9 Å². The summed E-state index contributed by atoms with van der Waals surface area (Å²) < 4.78 is 46.1. The van der Waals surface area contributed by atoms with Crippen molar-refractivity contribution in [2.45, 2.75) is 80.1 Å². The van der Waals surface area contributed by atoms with Gasteiger partial charge in [-0.05, 0) is 58.4 Å². The number of benzene rings is 3. The van der Waals surface area contributed by atoms with E-state index in [2.05, 4.69) is 27.3 Å². The molecule has 1 aliphatic heterocycles. The van der Waals surface area contributed by atoms with Crippen LogP contribution in [0.25, 0.3) is 22.2 Å². The van der Waals surface area contributed by atoms with Gasteiger partial charge >= 0.3 is 6.09 Å². The van der Waals surface area contributed by atoms with Crippen molar-refractivity contribution in [3.05, 3.63) is 97.6 Å². The first-order valence-corrected chi connectivity index (χ1v) is 21.8. The van der Waals surface area contributed by atoms with Gasteiger partial charge in [0, 0.05) is 42.0 Å². The van der Waals surface area contributed by atoms with Crippen LogP contribution in [0.2, 0.25) is 0 Å². The molecular formula is C44H49ClN6O10S. The van der Waals surface area contributed by atoms with Crippen LogP contribution in [0.15, 0.2) is 102 Å². The number of amides is 5. The van der Waals surface area contributed by atoms with Crippen LogP contribution in [0.3, 0.4) is 0 Å². The number of carbonyl (C=O) groups is 5. The third kappa shape index (κ3) is 10.5. The predicted octanol–water partition coefficient (Wildman–Crippen LogP) is 4.46. The van der Waals surface area contributed by atoms with E-state index in [1.807, 2.05) is 30.3 Å². The second-order valence-corrected chi connectivity index (χ2v) is 18.4. The number of carbonyl (C=O) groups excluding carboxylic acids is 5. The minimum absolute atomic E-state index is 0.0270. The summed E-state index contributed by atoms with van der Waals surface area (Å²) in [5, 5.41) is 7.45. The van der Waals surface area contributed by atoms with Crippen molar-refractivity contribution in [3.63, 3.8) is 0 Å². The molecule has 3 aromatic carbocycles. The fourth-order valence-electron chi connectivity index (χ4n) is 7.11. The number of sulfonamides is 1. The Morgan fingerprint density at radius 1 is 1.02 bits per heavy atom. The molecule has 5 amide bonds. The standard InChI is InChI=1S/C44H49ClN6O10S/c1-7-28-23-44(28,41(55)50-62(57,58)31-16-12-9-13-17-31)49-39(53)36-21-30(25-51(36)40(54)35(24-46-38(52)26(2)45)48-42(56)61-43(3,4)5)60-37-22-33(27-14-10-8-11-15-27)47-34-20-29(59-6)18-19-32(34)37/h7-20,22,26,28,30,35-36H,1,21,23-25H2,2-6H3,(H,46,52)(H,48,56)(H,49,53)(H,50,55). The van der Waals surface area contributed by atoms with Gasteiger partial charge in [0.2, 0.25) is 17.7 Å². The van der Waals surface area contributed by atoms with Crippen molar-refractivity contribution >= 4 is 62.2 Å².